The Morgan fingerprint density at radius 3 is 2.88 bits per heavy atom. The molecule has 1 aromatic carbocycles. The van der Waals surface area contributed by atoms with Gasteiger partial charge in [0, 0.05) is 18.1 Å². The zero-order valence-electron chi connectivity index (χ0n) is 14.3. The van der Waals surface area contributed by atoms with Gasteiger partial charge in [0.2, 0.25) is 4.77 Å². The fraction of sp³-hybridized carbons (Fsp3) is 0.471. The molecule has 0 unspecified atom stereocenters. The van der Waals surface area contributed by atoms with Gasteiger partial charge < -0.3 is 5.11 Å². The van der Waals surface area contributed by atoms with E-state index in [1.807, 2.05) is 0 Å². The largest absolute Gasteiger partial charge is 0.868 e. The molecule has 0 atom stereocenters. The summed E-state index contributed by atoms with van der Waals surface area (Å²) >= 11 is 5.22. The number of benzene rings is 1. The fourth-order valence-corrected chi connectivity index (χ4v) is 3.49. The van der Waals surface area contributed by atoms with Gasteiger partial charge in [0.25, 0.3) is 5.69 Å². The predicted octanol–water partition coefficient (Wildman–Crippen LogP) is 3.32. The van der Waals surface area contributed by atoms with Crippen LogP contribution in [0.15, 0.2) is 23.3 Å². The Balaban J connectivity index is 1.74. The second-order valence-corrected chi connectivity index (χ2v) is 6.92. The van der Waals surface area contributed by atoms with Crippen LogP contribution in [0.25, 0.3) is 0 Å². The van der Waals surface area contributed by atoms with Crippen LogP contribution in [0.3, 0.4) is 0 Å². The van der Waals surface area contributed by atoms with Crippen LogP contribution in [0, 0.1) is 20.8 Å². The van der Waals surface area contributed by atoms with Gasteiger partial charge in [-0.05, 0) is 30.3 Å². The quantitative estimate of drug-likeness (QED) is 0.361. The second-order valence-electron chi connectivity index (χ2n) is 6.53. The highest BCUT2D eigenvalue weighted by Crippen LogP contribution is 2.27. The maximum Gasteiger partial charge on any atom is 0.262 e. The molecule has 0 saturated heterocycles. The Labute approximate surface area is 155 Å². The van der Waals surface area contributed by atoms with Gasteiger partial charge in [-0.1, -0.05) is 44.2 Å². The molecule has 0 radical (unpaired) electrons. The summed E-state index contributed by atoms with van der Waals surface area (Å²) in [4.78, 5) is 10.2. The minimum Gasteiger partial charge on any atom is -0.868 e. The highest BCUT2D eigenvalue weighted by atomic mass is 32.1. The molecule has 0 amide bonds. The van der Waals surface area contributed by atoms with Crippen molar-refractivity contribution in [1.82, 2.24) is 14.9 Å². The molecule has 2 aromatic rings. The summed E-state index contributed by atoms with van der Waals surface area (Å²) < 4.78 is 1.91. The Bertz CT molecular complexity index is 868. The van der Waals surface area contributed by atoms with Crippen molar-refractivity contribution >= 4 is 24.1 Å². The zero-order chi connectivity index (χ0) is 18.5. The van der Waals surface area contributed by atoms with E-state index in [-0.39, 0.29) is 0 Å². The summed E-state index contributed by atoms with van der Waals surface area (Å²) in [6.45, 7) is 0. The first-order valence-corrected chi connectivity index (χ1v) is 9.11. The lowest BCUT2D eigenvalue weighted by Crippen LogP contribution is -2.09. The third-order valence-corrected chi connectivity index (χ3v) is 4.98. The van der Waals surface area contributed by atoms with Gasteiger partial charge >= 0.3 is 0 Å². The minimum absolute atomic E-state index is 0.370. The topological polar surface area (TPSA) is 112 Å². The predicted molar refractivity (Wildman–Crippen MR) is 97.8 cm³/mol. The van der Waals surface area contributed by atoms with Crippen molar-refractivity contribution in [2.24, 2.45) is 11.0 Å². The lowest BCUT2D eigenvalue weighted by Gasteiger charge is -2.20. The van der Waals surface area contributed by atoms with Crippen LogP contribution in [0.5, 0.6) is 5.75 Å². The van der Waals surface area contributed by atoms with E-state index in [1.54, 1.807) is 0 Å². The molecular formula is C17H20N5O3S-. The molecule has 8 nitrogen and oxygen atoms in total. The Morgan fingerprint density at radius 1 is 1.38 bits per heavy atom. The van der Waals surface area contributed by atoms with Crippen LogP contribution < -0.4 is 5.11 Å². The van der Waals surface area contributed by atoms with Crippen molar-refractivity contribution in [3.8, 4) is 5.75 Å². The number of H-pyrrole nitrogens is 1. The highest BCUT2D eigenvalue weighted by Gasteiger charge is 2.15. The summed E-state index contributed by atoms with van der Waals surface area (Å²) in [5, 5.41) is 33.6. The number of aromatic amines is 1. The van der Waals surface area contributed by atoms with Gasteiger partial charge in [0.05, 0.1) is 11.1 Å². The highest BCUT2D eigenvalue weighted by molar-refractivity contribution is 7.71. The summed E-state index contributed by atoms with van der Waals surface area (Å²) in [7, 11) is 0. The van der Waals surface area contributed by atoms with Gasteiger partial charge in [-0.3, -0.25) is 15.2 Å². The molecule has 138 valence electrons. The van der Waals surface area contributed by atoms with Crippen molar-refractivity contribution in [2.75, 3.05) is 0 Å². The number of rotatable bonds is 6. The number of nitro groups is 1. The van der Waals surface area contributed by atoms with Crippen molar-refractivity contribution in [3.05, 3.63) is 44.5 Å². The van der Waals surface area contributed by atoms with E-state index in [4.69, 9.17) is 12.2 Å². The Kier molecular flexibility index (Phi) is 5.77. The molecule has 1 fully saturated rings. The van der Waals surface area contributed by atoms with Crippen molar-refractivity contribution < 1.29 is 10.0 Å². The smallest absolute Gasteiger partial charge is 0.262 e. The van der Waals surface area contributed by atoms with Crippen LogP contribution in [-0.4, -0.2) is 26.0 Å². The first-order valence-electron chi connectivity index (χ1n) is 8.70. The molecule has 0 spiro atoms. The third kappa shape index (κ3) is 4.34. The molecule has 3 rings (SSSR count). The van der Waals surface area contributed by atoms with Crippen molar-refractivity contribution in [2.45, 2.75) is 44.9 Å². The standard InChI is InChI=1S/C17H21N5O3S/c23-15-8-6-13(10-14(15)22(24)25)11-18-21-16(19-20-17(21)26)9-7-12-4-2-1-3-5-12/h6,8,10-12,23H,1-5,7,9H2,(H,20,26)/p-1/b18-11-. The van der Waals surface area contributed by atoms with Gasteiger partial charge in [0.15, 0.2) is 5.82 Å². The Hall–Kier alpha value is -2.55. The molecule has 0 bridgehead atoms. The number of nitrogens with one attached hydrogen (secondary N) is 1. The van der Waals surface area contributed by atoms with E-state index < -0.39 is 16.4 Å². The summed E-state index contributed by atoms with van der Waals surface area (Å²) in [5.41, 5.74) is -0.0140. The zero-order valence-corrected chi connectivity index (χ0v) is 15.1. The van der Waals surface area contributed by atoms with Crippen LogP contribution in [0.2, 0.25) is 0 Å². The monoisotopic (exact) mass is 374 g/mol. The molecule has 1 aliphatic carbocycles. The van der Waals surface area contributed by atoms with Gasteiger partial charge in [-0.2, -0.15) is 14.9 Å². The van der Waals surface area contributed by atoms with Crippen LogP contribution in [0.1, 0.15) is 49.9 Å². The van der Waals surface area contributed by atoms with Gasteiger partial charge in [0.1, 0.15) is 0 Å². The van der Waals surface area contributed by atoms with E-state index in [1.165, 1.54) is 55.1 Å². The molecule has 1 N–H and O–H groups in total. The molecule has 1 aliphatic rings. The van der Waals surface area contributed by atoms with Crippen LogP contribution >= 0.6 is 12.2 Å². The lowest BCUT2D eigenvalue weighted by atomic mass is 9.86. The SMILES string of the molecule is O=[N+]([O-])c1cc(/C=N\n2c(CCC3CCCCC3)n[nH]c2=S)ccc1[O-]. The molecule has 1 aromatic heterocycles. The summed E-state index contributed by atoms with van der Waals surface area (Å²) in [6.07, 6.45) is 9.71. The van der Waals surface area contributed by atoms with Crippen LogP contribution in [-0.2, 0) is 6.42 Å². The first-order chi connectivity index (χ1) is 12.5. The second kappa shape index (κ2) is 8.22. The van der Waals surface area contributed by atoms with E-state index in [0.717, 1.165) is 30.7 Å². The molecule has 1 heterocycles. The normalized spacial score (nSPS) is 15.5. The maximum absolute atomic E-state index is 11.5. The average molecular weight is 374 g/mol. The molecular weight excluding hydrogens is 354 g/mol. The molecule has 0 aliphatic heterocycles. The van der Waals surface area contributed by atoms with Gasteiger partial charge in [-0.25, -0.2) is 0 Å². The van der Waals surface area contributed by atoms with E-state index >= 15 is 0 Å². The number of aryl methyl sites for hydroxylation is 1. The Morgan fingerprint density at radius 2 is 2.15 bits per heavy atom. The van der Waals surface area contributed by atoms with Crippen LogP contribution in [0.4, 0.5) is 5.69 Å². The molecule has 1 saturated carbocycles. The summed E-state index contributed by atoms with van der Waals surface area (Å²) in [5.74, 6) is 0.839. The first kappa shape index (κ1) is 18.2. The number of hydrogen-bond donors (Lipinski definition) is 1. The summed E-state index contributed by atoms with van der Waals surface area (Å²) in [6, 6.07) is 3.86. The van der Waals surface area contributed by atoms with E-state index in [2.05, 4.69) is 15.3 Å². The minimum atomic E-state index is -0.696. The number of nitrogens with zero attached hydrogens (tertiary/aromatic N) is 4. The fourth-order valence-electron chi connectivity index (χ4n) is 3.30. The van der Waals surface area contributed by atoms with Crippen molar-refractivity contribution in [3.63, 3.8) is 0 Å². The molecule has 9 heteroatoms. The maximum atomic E-state index is 11.5. The van der Waals surface area contributed by atoms with E-state index in [9.17, 15) is 15.2 Å². The van der Waals surface area contributed by atoms with Crippen molar-refractivity contribution in [1.29, 1.82) is 0 Å². The lowest BCUT2D eigenvalue weighted by molar-refractivity contribution is -0.398. The van der Waals surface area contributed by atoms with Gasteiger partial charge in [-0.15, -0.1) is 0 Å². The molecule has 26 heavy (non-hydrogen) atoms. The number of aromatic nitrogens is 3. The average Bonchev–Trinajstić information content (AvgIpc) is 2.99. The van der Waals surface area contributed by atoms with E-state index in [0.29, 0.717) is 10.3 Å². The third-order valence-electron chi connectivity index (χ3n) is 4.72. The number of hydrogen-bond acceptors (Lipinski definition) is 6. The number of nitro benzene ring substituents is 1.